The molecule has 3 aromatic rings. The Morgan fingerprint density at radius 1 is 0.848 bits per heavy atom. The van der Waals surface area contributed by atoms with E-state index in [1.807, 2.05) is 0 Å². The van der Waals surface area contributed by atoms with Crippen LogP contribution in [0.25, 0.3) is 0 Å². The van der Waals surface area contributed by atoms with Crippen LogP contribution >= 0.6 is 0 Å². The first-order valence-electron chi connectivity index (χ1n) is 10.4. The van der Waals surface area contributed by atoms with Crippen LogP contribution in [0.15, 0.2) is 72.8 Å². The SMILES string of the molecule is CCC(OC(=O)c1ccc2c(c1)C(=O)N(c1ccccc1OC)C2=O)C(=O)c1ccccc1. The molecule has 0 aromatic heterocycles. The Morgan fingerprint density at radius 3 is 2.21 bits per heavy atom. The van der Waals surface area contributed by atoms with Gasteiger partial charge in [0.15, 0.2) is 6.10 Å². The molecule has 0 N–H and O–H groups in total. The number of rotatable bonds is 7. The number of para-hydroxylation sites is 2. The Hall–Kier alpha value is -4.26. The van der Waals surface area contributed by atoms with Gasteiger partial charge >= 0.3 is 5.97 Å². The number of hydrogen-bond donors (Lipinski definition) is 0. The highest BCUT2D eigenvalue weighted by molar-refractivity contribution is 6.35. The fraction of sp³-hybridized carbons (Fsp3) is 0.154. The Morgan fingerprint density at radius 2 is 1.52 bits per heavy atom. The van der Waals surface area contributed by atoms with Gasteiger partial charge in [-0.3, -0.25) is 14.4 Å². The Labute approximate surface area is 190 Å². The van der Waals surface area contributed by atoms with Gasteiger partial charge in [-0.05, 0) is 36.8 Å². The molecule has 0 radical (unpaired) electrons. The van der Waals surface area contributed by atoms with Gasteiger partial charge in [0.25, 0.3) is 11.8 Å². The second-order valence-electron chi connectivity index (χ2n) is 7.41. The molecule has 0 spiro atoms. The van der Waals surface area contributed by atoms with Crippen molar-refractivity contribution in [1.29, 1.82) is 0 Å². The smallest absolute Gasteiger partial charge is 0.338 e. The molecule has 1 unspecified atom stereocenters. The third-order valence-corrected chi connectivity index (χ3v) is 5.42. The van der Waals surface area contributed by atoms with E-state index < -0.39 is 23.9 Å². The van der Waals surface area contributed by atoms with Crippen molar-refractivity contribution in [2.45, 2.75) is 19.4 Å². The molecule has 0 aliphatic carbocycles. The van der Waals surface area contributed by atoms with Crippen molar-refractivity contribution in [2.75, 3.05) is 12.0 Å². The highest BCUT2D eigenvalue weighted by atomic mass is 16.5. The second kappa shape index (κ2) is 9.08. The number of ketones is 1. The molecule has 2 amide bonds. The summed E-state index contributed by atoms with van der Waals surface area (Å²) in [5.41, 5.74) is 1.10. The first kappa shape index (κ1) is 22.0. The average Bonchev–Trinajstić information content (AvgIpc) is 3.11. The zero-order chi connectivity index (χ0) is 23.5. The molecule has 0 saturated heterocycles. The van der Waals surface area contributed by atoms with Gasteiger partial charge in [-0.2, -0.15) is 0 Å². The van der Waals surface area contributed by atoms with E-state index in [9.17, 15) is 19.2 Å². The van der Waals surface area contributed by atoms with Crippen LogP contribution < -0.4 is 9.64 Å². The third-order valence-electron chi connectivity index (χ3n) is 5.42. The van der Waals surface area contributed by atoms with E-state index in [4.69, 9.17) is 9.47 Å². The number of nitrogens with zero attached hydrogens (tertiary/aromatic N) is 1. The maximum absolute atomic E-state index is 13.1. The number of hydrogen-bond acceptors (Lipinski definition) is 6. The Bertz CT molecular complexity index is 1250. The molecule has 1 atom stereocenters. The van der Waals surface area contributed by atoms with E-state index in [1.54, 1.807) is 61.5 Å². The van der Waals surface area contributed by atoms with Crippen LogP contribution in [0.1, 0.15) is 54.8 Å². The highest BCUT2D eigenvalue weighted by Crippen LogP contribution is 2.35. The zero-order valence-corrected chi connectivity index (χ0v) is 18.1. The predicted molar refractivity (Wildman–Crippen MR) is 121 cm³/mol. The largest absolute Gasteiger partial charge is 0.495 e. The standard InChI is InChI=1S/C26H21NO6/c1-3-21(23(28)16-9-5-4-6-10-16)33-26(31)17-13-14-18-19(15-17)25(30)27(24(18)29)20-11-7-8-12-22(20)32-2/h4-15,21H,3H2,1-2H3. The average molecular weight is 443 g/mol. The number of imide groups is 1. The van der Waals surface area contributed by atoms with Crippen LogP contribution in [-0.4, -0.2) is 36.8 Å². The normalized spacial score (nSPS) is 13.5. The fourth-order valence-corrected chi connectivity index (χ4v) is 3.71. The fourth-order valence-electron chi connectivity index (χ4n) is 3.71. The van der Waals surface area contributed by atoms with Crippen molar-refractivity contribution >= 4 is 29.3 Å². The lowest BCUT2D eigenvalue weighted by atomic mass is 10.0. The van der Waals surface area contributed by atoms with Gasteiger partial charge in [-0.1, -0.05) is 49.4 Å². The van der Waals surface area contributed by atoms with Crippen LogP contribution in [0.4, 0.5) is 5.69 Å². The van der Waals surface area contributed by atoms with E-state index in [0.717, 1.165) is 4.90 Å². The summed E-state index contributed by atoms with van der Waals surface area (Å²) >= 11 is 0. The molecule has 4 rings (SSSR count). The van der Waals surface area contributed by atoms with E-state index in [1.165, 1.54) is 25.3 Å². The Kier molecular flexibility index (Phi) is 6.04. The summed E-state index contributed by atoms with van der Waals surface area (Å²) in [5, 5.41) is 0. The van der Waals surface area contributed by atoms with Gasteiger partial charge in [-0.15, -0.1) is 0 Å². The minimum absolute atomic E-state index is 0.0797. The lowest BCUT2D eigenvalue weighted by Crippen LogP contribution is -2.29. The summed E-state index contributed by atoms with van der Waals surface area (Å²) in [6.45, 7) is 1.74. The van der Waals surface area contributed by atoms with Crippen LogP contribution in [0.2, 0.25) is 0 Å². The number of fused-ring (bicyclic) bond motifs is 1. The number of anilines is 1. The van der Waals surface area contributed by atoms with Crippen molar-refractivity contribution in [3.8, 4) is 5.75 Å². The van der Waals surface area contributed by atoms with Gasteiger partial charge in [0.1, 0.15) is 5.75 Å². The van der Waals surface area contributed by atoms with Crippen LogP contribution in [0.3, 0.4) is 0 Å². The van der Waals surface area contributed by atoms with Crippen molar-refractivity contribution in [2.24, 2.45) is 0 Å². The summed E-state index contributed by atoms with van der Waals surface area (Å²) in [6.07, 6.45) is -0.667. The highest BCUT2D eigenvalue weighted by Gasteiger charge is 2.38. The molecule has 7 nitrogen and oxygen atoms in total. The van der Waals surface area contributed by atoms with Gasteiger partial charge in [-0.25, -0.2) is 9.69 Å². The summed E-state index contributed by atoms with van der Waals surface area (Å²) in [4.78, 5) is 52.5. The van der Waals surface area contributed by atoms with Crippen LogP contribution in [-0.2, 0) is 4.74 Å². The van der Waals surface area contributed by atoms with Gasteiger partial charge in [0, 0.05) is 5.56 Å². The molecule has 33 heavy (non-hydrogen) atoms. The van der Waals surface area contributed by atoms with E-state index in [2.05, 4.69) is 0 Å². The number of esters is 1. The van der Waals surface area contributed by atoms with Crippen molar-refractivity contribution in [3.63, 3.8) is 0 Å². The first-order chi connectivity index (χ1) is 16.0. The van der Waals surface area contributed by atoms with E-state index >= 15 is 0 Å². The second-order valence-corrected chi connectivity index (χ2v) is 7.41. The molecule has 3 aromatic carbocycles. The summed E-state index contributed by atoms with van der Waals surface area (Å²) in [6, 6.07) is 19.4. The number of Topliss-reactive ketones (excluding diaryl/α,β-unsaturated/α-hetero) is 1. The molecular weight excluding hydrogens is 422 g/mol. The minimum Gasteiger partial charge on any atom is -0.495 e. The maximum atomic E-state index is 13.1. The number of carbonyl (C=O) groups excluding carboxylic acids is 4. The Balaban J connectivity index is 1.59. The summed E-state index contributed by atoms with van der Waals surface area (Å²) < 4.78 is 10.7. The molecule has 1 aliphatic rings. The predicted octanol–water partition coefficient (Wildman–Crippen LogP) is 4.31. The van der Waals surface area contributed by atoms with Gasteiger partial charge < -0.3 is 9.47 Å². The number of carbonyl (C=O) groups is 4. The van der Waals surface area contributed by atoms with Crippen molar-refractivity contribution in [1.82, 2.24) is 0 Å². The first-order valence-corrected chi connectivity index (χ1v) is 10.4. The molecule has 1 aliphatic heterocycles. The quantitative estimate of drug-likeness (QED) is 0.307. The van der Waals surface area contributed by atoms with Crippen LogP contribution in [0, 0.1) is 0 Å². The summed E-state index contributed by atoms with van der Waals surface area (Å²) in [5.74, 6) is -1.75. The number of ether oxygens (including phenoxy) is 2. The molecule has 7 heteroatoms. The van der Waals surface area contributed by atoms with E-state index in [-0.39, 0.29) is 22.5 Å². The monoisotopic (exact) mass is 443 g/mol. The summed E-state index contributed by atoms with van der Waals surface area (Å²) in [7, 11) is 1.45. The van der Waals surface area contributed by atoms with E-state index in [0.29, 0.717) is 23.4 Å². The lowest BCUT2D eigenvalue weighted by Gasteiger charge is -2.16. The topological polar surface area (TPSA) is 90.0 Å². The molecule has 0 bridgehead atoms. The molecule has 166 valence electrons. The van der Waals surface area contributed by atoms with Crippen LogP contribution in [0.5, 0.6) is 5.75 Å². The van der Waals surface area contributed by atoms with Crippen molar-refractivity contribution < 1.29 is 28.7 Å². The number of benzene rings is 3. The lowest BCUT2D eigenvalue weighted by molar-refractivity contribution is 0.0277. The molecule has 0 fully saturated rings. The molecule has 1 heterocycles. The third kappa shape index (κ3) is 4.01. The van der Waals surface area contributed by atoms with Crippen molar-refractivity contribution in [3.05, 3.63) is 95.1 Å². The number of amides is 2. The molecule has 0 saturated carbocycles. The zero-order valence-electron chi connectivity index (χ0n) is 18.1. The minimum atomic E-state index is -0.962. The number of methoxy groups -OCH3 is 1. The van der Waals surface area contributed by atoms with Gasteiger partial charge in [0.05, 0.1) is 29.5 Å². The van der Waals surface area contributed by atoms with Gasteiger partial charge in [0.2, 0.25) is 5.78 Å². The molecular formula is C26H21NO6. The maximum Gasteiger partial charge on any atom is 0.338 e.